The number of carbonyl (C=O) groups is 1. The highest BCUT2D eigenvalue weighted by Crippen LogP contribution is 2.20. The average Bonchev–Trinajstić information content (AvgIpc) is 2.95. The van der Waals surface area contributed by atoms with E-state index < -0.39 is 0 Å². The molecule has 0 saturated heterocycles. The molecule has 0 saturated carbocycles. The van der Waals surface area contributed by atoms with Gasteiger partial charge in [0.2, 0.25) is 5.91 Å². The lowest BCUT2D eigenvalue weighted by atomic mass is 10.1. The molecule has 1 amide bonds. The second-order valence-electron chi connectivity index (χ2n) is 5.68. The Labute approximate surface area is 150 Å². The molecule has 1 aromatic heterocycles. The monoisotopic (exact) mass is 357 g/mol. The summed E-state index contributed by atoms with van der Waals surface area (Å²) in [5, 5.41) is 7.38. The van der Waals surface area contributed by atoms with Gasteiger partial charge in [0.15, 0.2) is 5.82 Å². The fraction of sp³-hybridized carbons (Fsp3) is 0.158. The second kappa shape index (κ2) is 7.94. The summed E-state index contributed by atoms with van der Waals surface area (Å²) in [6.45, 7) is 0.444. The van der Waals surface area contributed by atoms with Gasteiger partial charge in [-0.25, -0.2) is 4.39 Å². The quantitative estimate of drug-likeness (QED) is 0.715. The van der Waals surface area contributed by atoms with Crippen LogP contribution in [0.2, 0.25) is 5.02 Å². The molecule has 1 N–H and O–H groups in total. The van der Waals surface area contributed by atoms with E-state index >= 15 is 0 Å². The lowest BCUT2D eigenvalue weighted by Gasteiger charge is -2.04. The zero-order valence-corrected chi connectivity index (χ0v) is 14.2. The molecular formula is C19H17ClFN3O. The molecule has 3 rings (SSSR count). The number of halogens is 2. The summed E-state index contributed by atoms with van der Waals surface area (Å²) in [6.07, 6.45) is 2.64. The molecule has 128 valence electrons. The molecule has 0 aliphatic carbocycles. The first-order valence-electron chi connectivity index (χ1n) is 7.91. The first-order valence-corrected chi connectivity index (χ1v) is 8.29. The van der Waals surface area contributed by atoms with Crippen molar-refractivity contribution in [3.63, 3.8) is 0 Å². The Hall–Kier alpha value is -2.66. The van der Waals surface area contributed by atoms with Gasteiger partial charge in [-0.05, 0) is 29.7 Å². The minimum Gasteiger partial charge on any atom is -0.308 e. The van der Waals surface area contributed by atoms with Gasteiger partial charge in [-0.15, -0.1) is 0 Å². The van der Waals surface area contributed by atoms with Crippen LogP contribution < -0.4 is 5.32 Å². The Morgan fingerprint density at radius 2 is 1.80 bits per heavy atom. The smallest absolute Gasteiger partial charge is 0.225 e. The van der Waals surface area contributed by atoms with E-state index in [1.165, 1.54) is 12.1 Å². The van der Waals surface area contributed by atoms with Gasteiger partial charge in [0.05, 0.1) is 6.54 Å². The maximum atomic E-state index is 12.9. The number of nitrogens with zero attached hydrogens (tertiary/aromatic N) is 2. The van der Waals surface area contributed by atoms with Crippen LogP contribution in [0, 0.1) is 5.82 Å². The zero-order chi connectivity index (χ0) is 17.6. The fourth-order valence-corrected chi connectivity index (χ4v) is 2.63. The second-order valence-corrected chi connectivity index (χ2v) is 6.09. The van der Waals surface area contributed by atoms with Crippen LogP contribution >= 0.6 is 11.6 Å². The maximum absolute atomic E-state index is 12.9. The van der Waals surface area contributed by atoms with E-state index in [9.17, 15) is 9.18 Å². The van der Waals surface area contributed by atoms with Gasteiger partial charge in [0.1, 0.15) is 10.8 Å². The van der Waals surface area contributed by atoms with Crippen LogP contribution in [-0.2, 0) is 17.8 Å². The minimum atomic E-state index is -0.284. The summed E-state index contributed by atoms with van der Waals surface area (Å²) in [5.41, 5.74) is 1.99. The van der Waals surface area contributed by atoms with E-state index in [4.69, 9.17) is 11.6 Å². The molecule has 0 aliphatic rings. The normalized spacial score (nSPS) is 10.6. The van der Waals surface area contributed by atoms with Crippen LogP contribution in [0.15, 0.2) is 60.8 Å². The van der Waals surface area contributed by atoms with Gasteiger partial charge in [-0.2, -0.15) is 5.10 Å². The number of aromatic nitrogens is 2. The molecule has 6 heteroatoms. The number of rotatable bonds is 6. The third-order valence-electron chi connectivity index (χ3n) is 3.72. The largest absolute Gasteiger partial charge is 0.308 e. The van der Waals surface area contributed by atoms with E-state index in [0.29, 0.717) is 30.2 Å². The van der Waals surface area contributed by atoms with Crippen LogP contribution in [0.4, 0.5) is 10.2 Å². The lowest BCUT2D eigenvalue weighted by molar-refractivity contribution is -0.116. The number of nitrogens with one attached hydrogen (secondary N) is 1. The molecular weight excluding hydrogens is 341 g/mol. The van der Waals surface area contributed by atoms with Crippen molar-refractivity contribution in [3.05, 3.63) is 82.8 Å². The number of amides is 1. The molecule has 0 bridgehead atoms. The Morgan fingerprint density at radius 1 is 1.08 bits per heavy atom. The van der Waals surface area contributed by atoms with Crippen molar-refractivity contribution >= 4 is 23.3 Å². The number of anilines is 1. The van der Waals surface area contributed by atoms with Crippen molar-refractivity contribution in [1.82, 2.24) is 9.78 Å². The molecule has 4 nitrogen and oxygen atoms in total. The molecule has 0 spiro atoms. The molecule has 0 fully saturated rings. The van der Waals surface area contributed by atoms with Crippen LogP contribution in [0.3, 0.4) is 0 Å². The van der Waals surface area contributed by atoms with Crippen LogP contribution in [-0.4, -0.2) is 15.7 Å². The Bertz CT molecular complexity index is 847. The SMILES string of the molecule is O=C(CCc1ccccc1)Nc1nn(Cc2ccc(F)cc2)cc1Cl. The number of hydrogen-bond acceptors (Lipinski definition) is 2. The summed E-state index contributed by atoms with van der Waals surface area (Å²) >= 11 is 6.14. The molecule has 3 aromatic rings. The van der Waals surface area contributed by atoms with Gasteiger partial charge in [0.25, 0.3) is 0 Å². The van der Waals surface area contributed by atoms with E-state index in [0.717, 1.165) is 11.1 Å². The van der Waals surface area contributed by atoms with E-state index in [-0.39, 0.29) is 11.7 Å². The van der Waals surface area contributed by atoms with Crippen molar-refractivity contribution in [1.29, 1.82) is 0 Å². The van der Waals surface area contributed by atoms with E-state index in [1.807, 2.05) is 30.3 Å². The molecule has 0 atom stereocenters. The summed E-state index contributed by atoms with van der Waals surface area (Å²) in [5.74, 6) is -0.0896. The first kappa shape index (κ1) is 17.2. The van der Waals surface area contributed by atoms with E-state index in [1.54, 1.807) is 23.0 Å². The van der Waals surface area contributed by atoms with Crippen LogP contribution in [0.1, 0.15) is 17.5 Å². The topological polar surface area (TPSA) is 46.9 Å². The third-order valence-corrected chi connectivity index (χ3v) is 3.99. The molecule has 2 aromatic carbocycles. The maximum Gasteiger partial charge on any atom is 0.225 e. The summed E-state index contributed by atoms with van der Waals surface area (Å²) in [4.78, 5) is 12.1. The Balaban J connectivity index is 1.58. The summed E-state index contributed by atoms with van der Waals surface area (Å²) in [7, 11) is 0. The van der Waals surface area contributed by atoms with Crippen LogP contribution in [0.25, 0.3) is 0 Å². The summed E-state index contributed by atoms with van der Waals surface area (Å²) < 4.78 is 14.6. The summed E-state index contributed by atoms with van der Waals surface area (Å²) in [6, 6.07) is 16.0. The fourth-order valence-electron chi connectivity index (χ4n) is 2.44. The van der Waals surface area contributed by atoms with E-state index in [2.05, 4.69) is 10.4 Å². The number of benzene rings is 2. The van der Waals surface area contributed by atoms with Crippen molar-refractivity contribution in [2.24, 2.45) is 0 Å². The zero-order valence-electron chi connectivity index (χ0n) is 13.5. The highest BCUT2D eigenvalue weighted by Gasteiger charge is 2.11. The van der Waals surface area contributed by atoms with Crippen molar-refractivity contribution in [2.75, 3.05) is 5.32 Å². The number of carbonyl (C=O) groups excluding carboxylic acids is 1. The van der Waals surface area contributed by atoms with Gasteiger partial charge < -0.3 is 5.32 Å². The highest BCUT2D eigenvalue weighted by molar-refractivity contribution is 6.33. The molecule has 25 heavy (non-hydrogen) atoms. The van der Waals surface area contributed by atoms with Crippen molar-refractivity contribution < 1.29 is 9.18 Å². The molecule has 1 heterocycles. The van der Waals surface area contributed by atoms with Crippen molar-refractivity contribution in [3.8, 4) is 0 Å². The predicted octanol–water partition coefficient (Wildman–Crippen LogP) is 4.30. The lowest BCUT2D eigenvalue weighted by Crippen LogP contribution is -2.13. The third kappa shape index (κ3) is 4.90. The molecule has 0 unspecified atom stereocenters. The standard InChI is InChI=1S/C19H17ClFN3O/c20-17-13-24(12-15-6-9-16(21)10-7-15)23-19(17)22-18(25)11-8-14-4-2-1-3-5-14/h1-7,9-10,13H,8,11-12H2,(H,22,23,25). The Morgan fingerprint density at radius 3 is 2.52 bits per heavy atom. The Kier molecular flexibility index (Phi) is 5.46. The number of aryl methyl sites for hydroxylation is 1. The highest BCUT2D eigenvalue weighted by atomic mass is 35.5. The average molecular weight is 358 g/mol. The van der Waals surface area contributed by atoms with Gasteiger partial charge in [0, 0.05) is 12.6 Å². The van der Waals surface area contributed by atoms with Gasteiger partial charge in [-0.1, -0.05) is 54.1 Å². The minimum absolute atomic E-state index is 0.141. The number of hydrogen-bond donors (Lipinski definition) is 1. The molecule has 0 radical (unpaired) electrons. The molecule has 0 aliphatic heterocycles. The van der Waals surface area contributed by atoms with Gasteiger partial charge in [-0.3, -0.25) is 9.48 Å². The van der Waals surface area contributed by atoms with Gasteiger partial charge >= 0.3 is 0 Å². The first-order chi connectivity index (χ1) is 12.1. The predicted molar refractivity (Wildman–Crippen MR) is 96.1 cm³/mol. The van der Waals surface area contributed by atoms with Crippen LogP contribution in [0.5, 0.6) is 0 Å². The van der Waals surface area contributed by atoms with Crippen molar-refractivity contribution in [2.45, 2.75) is 19.4 Å².